The molecule has 0 bridgehead atoms. The number of rotatable bonds is 4. The molecule has 0 spiro atoms. The zero-order chi connectivity index (χ0) is 13.9. The number of aryl methyl sites for hydroxylation is 1. The second kappa shape index (κ2) is 5.54. The van der Waals surface area contributed by atoms with Gasteiger partial charge in [0.25, 0.3) is 0 Å². The van der Waals surface area contributed by atoms with Gasteiger partial charge in [-0.25, -0.2) is 4.39 Å². The Labute approximate surface area is 114 Å². The van der Waals surface area contributed by atoms with E-state index in [1.54, 1.807) is 6.07 Å². The third kappa shape index (κ3) is 3.02. The van der Waals surface area contributed by atoms with Crippen molar-refractivity contribution in [2.45, 2.75) is 25.7 Å². The van der Waals surface area contributed by atoms with Crippen molar-refractivity contribution in [3.05, 3.63) is 71.0 Å². The van der Waals surface area contributed by atoms with E-state index in [4.69, 9.17) is 5.73 Å². The van der Waals surface area contributed by atoms with Gasteiger partial charge >= 0.3 is 0 Å². The van der Waals surface area contributed by atoms with E-state index in [9.17, 15) is 4.39 Å². The van der Waals surface area contributed by atoms with Crippen LogP contribution in [0, 0.1) is 12.7 Å². The first-order valence-corrected chi connectivity index (χ1v) is 6.56. The first-order valence-electron chi connectivity index (χ1n) is 6.56. The van der Waals surface area contributed by atoms with Gasteiger partial charge in [-0.05, 0) is 30.5 Å². The SMILES string of the molecule is Cc1cccc(C(C)(CN)Cc2ccccc2F)c1. The monoisotopic (exact) mass is 257 g/mol. The molecule has 19 heavy (non-hydrogen) atoms. The second-order valence-electron chi connectivity index (χ2n) is 5.40. The molecule has 0 saturated heterocycles. The lowest BCUT2D eigenvalue weighted by molar-refractivity contribution is 0.467. The second-order valence-corrected chi connectivity index (χ2v) is 5.40. The lowest BCUT2D eigenvalue weighted by Crippen LogP contribution is -2.34. The van der Waals surface area contributed by atoms with Crippen molar-refractivity contribution in [3.8, 4) is 0 Å². The highest BCUT2D eigenvalue weighted by Gasteiger charge is 2.26. The smallest absolute Gasteiger partial charge is 0.126 e. The summed E-state index contributed by atoms with van der Waals surface area (Å²) >= 11 is 0. The first kappa shape index (κ1) is 13.8. The van der Waals surface area contributed by atoms with Crippen LogP contribution in [-0.4, -0.2) is 6.54 Å². The molecular formula is C17H20FN. The molecule has 0 heterocycles. The molecule has 0 aliphatic heterocycles. The molecular weight excluding hydrogens is 237 g/mol. The predicted molar refractivity (Wildman–Crippen MR) is 77.7 cm³/mol. The molecule has 0 aliphatic carbocycles. The van der Waals surface area contributed by atoms with E-state index in [1.165, 1.54) is 17.2 Å². The van der Waals surface area contributed by atoms with Gasteiger partial charge in [0.15, 0.2) is 0 Å². The minimum absolute atomic E-state index is 0.158. The summed E-state index contributed by atoms with van der Waals surface area (Å²) in [7, 11) is 0. The fourth-order valence-corrected chi connectivity index (χ4v) is 2.37. The highest BCUT2D eigenvalue weighted by Crippen LogP contribution is 2.28. The van der Waals surface area contributed by atoms with Crippen molar-refractivity contribution in [2.24, 2.45) is 5.73 Å². The van der Waals surface area contributed by atoms with E-state index >= 15 is 0 Å². The highest BCUT2D eigenvalue weighted by molar-refractivity contribution is 5.32. The third-order valence-electron chi connectivity index (χ3n) is 3.70. The van der Waals surface area contributed by atoms with Crippen LogP contribution in [0.3, 0.4) is 0 Å². The minimum Gasteiger partial charge on any atom is -0.330 e. The van der Waals surface area contributed by atoms with E-state index in [2.05, 4.69) is 32.0 Å². The fourth-order valence-electron chi connectivity index (χ4n) is 2.37. The molecule has 2 heteroatoms. The molecule has 1 nitrogen and oxygen atoms in total. The van der Waals surface area contributed by atoms with Crippen LogP contribution < -0.4 is 5.73 Å². The Kier molecular flexibility index (Phi) is 4.01. The van der Waals surface area contributed by atoms with Crippen LogP contribution in [0.1, 0.15) is 23.6 Å². The average Bonchev–Trinajstić information content (AvgIpc) is 2.41. The topological polar surface area (TPSA) is 26.0 Å². The zero-order valence-corrected chi connectivity index (χ0v) is 11.5. The summed E-state index contributed by atoms with van der Waals surface area (Å²) < 4.78 is 13.8. The largest absolute Gasteiger partial charge is 0.330 e. The van der Waals surface area contributed by atoms with Crippen LogP contribution in [0.5, 0.6) is 0 Å². The zero-order valence-electron chi connectivity index (χ0n) is 11.5. The van der Waals surface area contributed by atoms with Gasteiger partial charge < -0.3 is 5.73 Å². The van der Waals surface area contributed by atoms with Crippen LogP contribution in [0.25, 0.3) is 0 Å². The molecule has 0 fully saturated rings. The standard InChI is InChI=1S/C17H20FN/c1-13-6-5-8-15(10-13)17(2,12-19)11-14-7-3-4-9-16(14)18/h3-10H,11-12,19H2,1-2H3. The van der Waals surface area contributed by atoms with Crippen LogP contribution in [0.15, 0.2) is 48.5 Å². The van der Waals surface area contributed by atoms with Gasteiger partial charge in [0, 0.05) is 12.0 Å². The van der Waals surface area contributed by atoms with E-state index < -0.39 is 0 Å². The van der Waals surface area contributed by atoms with E-state index in [-0.39, 0.29) is 11.2 Å². The number of nitrogens with two attached hydrogens (primary N) is 1. The van der Waals surface area contributed by atoms with Gasteiger partial charge in [-0.3, -0.25) is 0 Å². The summed E-state index contributed by atoms with van der Waals surface area (Å²) in [4.78, 5) is 0. The first-order chi connectivity index (χ1) is 9.05. The fraction of sp³-hybridized carbons (Fsp3) is 0.294. The molecule has 1 atom stereocenters. The number of benzene rings is 2. The summed E-state index contributed by atoms with van der Waals surface area (Å²) in [5.41, 5.74) is 8.81. The third-order valence-corrected chi connectivity index (χ3v) is 3.70. The van der Waals surface area contributed by atoms with Crippen LogP contribution in [0.2, 0.25) is 0 Å². The van der Waals surface area contributed by atoms with E-state index in [0.717, 1.165) is 5.56 Å². The van der Waals surface area contributed by atoms with Gasteiger partial charge in [0.1, 0.15) is 5.82 Å². The predicted octanol–water partition coefficient (Wildman–Crippen LogP) is 3.59. The molecule has 1 unspecified atom stereocenters. The van der Waals surface area contributed by atoms with Crippen molar-refractivity contribution in [3.63, 3.8) is 0 Å². The quantitative estimate of drug-likeness (QED) is 0.890. The number of halogens is 1. The highest BCUT2D eigenvalue weighted by atomic mass is 19.1. The van der Waals surface area contributed by atoms with Crippen molar-refractivity contribution < 1.29 is 4.39 Å². The molecule has 2 rings (SSSR count). The number of hydrogen-bond acceptors (Lipinski definition) is 1. The molecule has 2 aromatic rings. The molecule has 0 aliphatic rings. The van der Waals surface area contributed by atoms with Gasteiger partial charge in [0.2, 0.25) is 0 Å². The summed E-state index contributed by atoms with van der Waals surface area (Å²) in [6.45, 7) is 4.64. The summed E-state index contributed by atoms with van der Waals surface area (Å²) in [5.74, 6) is -0.158. The maximum Gasteiger partial charge on any atom is 0.126 e. The number of hydrogen-bond donors (Lipinski definition) is 1. The van der Waals surface area contributed by atoms with Gasteiger partial charge in [0.05, 0.1) is 0 Å². The normalized spacial score (nSPS) is 14.1. The Balaban J connectivity index is 2.36. The maximum atomic E-state index is 13.8. The lowest BCUT2D eigenvalue weighted by atomic mass is 9.77. The Morgan fingerprint density at radius 3 is 2.47 bits per heavy atom. The minimum atomic E-state index is -0.242. The molecule has 2 N–H and O–H groups in total. The van der Waals surface area contributed by atoms with Crippen molar-refractivity contribution in [2.75, 3.05) is 6.54 Å². The maximum absolute atomic E-state index is 13.8. The molecule has 100 valence electrons. The lowest BCUT2D eigenvalue weighted by Gasteiger charge is -2.29. The van der Waals surface area contributed by atoms with E-state index in [0.29, 0.717) is 13.0 Å². The van der Waals surface area contributed by atoms with Crippen molar-refractivity contribution in [1.82, 2.24) is 0 Å². The Morgan fingerprint density at radius 1 is 1.11 bits per heavy atom. The Morgan fingerprint density at radius 2 is 1.84 bits per heavy atom. The molecule has 0 aromatic heterocycles. The Hall–Kier alpha value is -1.67. The van der Waals surface area contributed by atoms with Gasteiger partial charge in [-0.1, -0.05) is 55.0 Å². The van der Waals surface area contributed by atoms with Crippen LogP contribution >= 0.6 is 0 Å². The van der Waals surface area contributed by atoms with Crippen LogP contribution in [-0.2, 0) is 11.8 Å². The van der Waals surface area contributed by atoms with Crippen LogP contribution in [0.4, 0.5) is 4.39 Å². The summed E-state index contributed by atoms with van der Waals surface area (Å²) in [6, 6.07) is 15.2. The molecule has 0 saturated carbocycles. The molecule has 0 amide bonds. The van der Waals surface area contributed by atoms with Gasteiger partial charge in [-0.2, -0.15) is 0 Å². The van der Waals surface area contributed by atoms with E-state index in [1.807, 2.05) is 18.2 Å². The van der Waals surface area contributed by atoms with Gasteiger partial charge in [-0.15, -0.1) is 0 Å². The van der Waals surface area contributed by atoms with Crippen molar-refractivity contribution in [1.29, 1.82) is 0 Å². The Bertz CT molecular complexity index is 565. The molecule has 2 aromatic carbocycles. The van der Waals surface area contributed by atoms with Crippen molar-refractivity contribution >= 4 is 0 Å². The average molecular weight is 257 g/mol. The molecule has 0 radical (unpaired) electrons. The summed E-state index contributed by atoms with van der Waals surface area (Å²) in [5, 5.41) is 0. The summed E-state index contributed by atoms with van der Waals surface area (Å²) in [6.07, 6.45) is 0.611.